The predicted molar refractivity (Wildman–Crippen MR) is 66.3 cm³/mol. The fraction of sp³-hybridized carbons (Fsp3) is 0.583. The first-order valence-corrected chi connectivity index (χ1v) is 6.16. The zero-order valence-electron chi connectivity index (χ0n) is 10.1. The van der Waals surface area contributed by atoms with E-state index in [9.17, 15) is 4.79 Å². The molecule has 1 saturated heterocycles. The van der Waals surface area contributed by atoms with E-state index in [4.69, 9.17) is 16.0 Å². The molecule has 1 aliphatic heterocycles. The quantitative estimate of drug-likeness (QED) is 0.813. The van der Waals surface area contributed by atoms with Crippen molar-refractivity contribution in [1.82, 2.24) is 9.80 Å². The molecule has 0 spiro atoms. The third-order valence-corrected chi connectivity index (χ3v) is 3.70. The van der Waals surface area contributed by atoms with Crippen LogP contribution in [0.15, 0.2) is 16.7 Å². The summed E-state index contributed by atoms with van der Waals surface area (Å²) in [5.74, 6) is -0.0571. The van der Waals surface area contributed by atoms with Gasteiger partial charge in [-0.15, -0.1) is 0 Å². The molecule has 0 saturated carbocycles. The Balaban J connectivity index is 2.03. The van der Waals surface area contributed by atoms with Crippen LogP contribution in [0.25, 0.3) is 0 Å². The van der Waals surface area contributed by atoms with Gasteiger partial charge in [-0.25, -0.2) is 0 Å². The largest absolute Gasteiger partial charge is 0.452 e. The van der Waals surface area contributed by atoms with Crippen molar-refractivity contribution in [2.75, 3.05) is 27.2 Å². The molecule has 0 aliphatic carbocycles. The van der Waals surface area contributed by atoms with Crippen LogP contribution in [0.1, 0.15) is 23.2 Å². The Labute approximate surface area is 106 Å². The van der Waals surface area contributed by atoms with Crippen LogP contribution in [0.4, 0.5) is 0 Å². The average Bonchev–Trinajstić information content (AvgIpc) is 2.74. The van der Waals surface area contributed by atoms with E-state index >= 15 is 0 Å². The standard InChI is InChI=1S/C12H17ClN2O2/c1-14-6-3-9(4-7-14)15(2)12(16)10-5-8-17-11(10)13/h5,8-9H,3-4,6-7H2,1-2H3. The Morgan fingerprint density at radius 3 is 2.71 bits per heavy atom. The van der Waals surface area contributed by atoms with Crippen molar-refractivity contribution < 1.29 is 9.21 Å². The fourth-order valence-corrected chi connectivity index (χ4v) is 2.38. The smallest absolute Gasteiger partial charge is 0.258 e. The van der Waals surface area contributed by atoms with Crippen LogP contribution in [0.3, 0.4) is 0 Å². The number of hydrogen-bond donors (Lipinski definition) is 0. The van der Waals surface area contributed by atoms with Crippen molar-refractivity contribution in [3.8, 4) is 0 Å². The van der Waals surface area contributed by atoms with Crippen LogP contribution in [0.5, 0.6) is 0 Å². The second-order valence-electron chi connectivity index (χ2n) is 4.56. The van der Waals surface area contributed by atoms with Crippen molar-refractivity contribution in [2.24, 2.45) is 0 Å². The molecule has 0 bridgehead atoms. The fourth-order valence-electron chi connectivity index (χ4n) is 2.18. The topological polar surface area (TPSA) is 36.7 Å². The van der Waals surface area contributed by atoms with Crippen LogP contribution in [-0.2, 0) is 0 Å². The molecule has 1 aromatic heterocycles. The van der Waals surface area contributed by atoms with E-state index < -0.39 is 0 Å². The lowest BCUT2D eigenvalue weighted by Crippen LogP contribution is -2.44. The molecule has 1 aromatic rings. The van der Waals surface area contributed by atoms with E-state index in [1.807, 2.05) is 7.05 Å². The monoisotopic (exact) mass is 256 g/mol. The Hall–Kier alpha value is -1.00. The number of amides is 1. The molecule has 94 valence electrons. The van der Waals surface area contributed by atoms with Crippen molar-refractivity contribution in [3.63, 3.8) is 0 Å². The molecular weight excluding hydrogens is 240 g/mol. The van der Waals surface area contributed by atoms with Crippen LogP contribution in [0.2, 0.25) is 5.22 Å². The maximum atomic E-state index is 12.2. The predicted octanol–water partition coefficient (Wildman–Crippen LogP) is 2.10. The van der Waals surface area contributed by atoms with E-state index in [-0.39, 0.29) is 11.1 Å². The Morgan fingerprint density at radius 2 is 2.18 bits per heavy atom. The lowest BCUT2D eigenvalue weighted by Gasteiger charge is -2.34. The van der Waals surface area contributed by atoms with Gasteiger partial charge in [-0.2, -0.15) is 0 Å². The van der Waals surface area contributed by atoms with Gasteiger partial charge >= 0.3 is 0 Å². The Bertz CT molecular complexity index is 397. The summed E-state index contributed by atoms with van der Waals surface area (Å²) in [4.78, 5) is 16.2. The van der Waals surface area contributed by atoms with Gasteiger partial charge in [0.2, 0.25) is 5.22 Å². The van der Waals surface area contributed by atoms with Gasteiger partial charge in [0, 0.05) is 13.1 Å². The Morgan fingerprint density at radius 1 is 1.53 bits per heavy atom. The summed E-state index contributed by atoms with van der Waals surface area (Å²) in [6, 6.07) is 1.92. The minimum absolute atomic E-state index is 0.0571. The zero-order valence-corrected chi connectivity index (χ0v) is 10.9. The molecule has 0 radical (unpaired) electrons. The lowest BCUT2D eigenvalue weighted by atomic mass is 10.0. The maximum absolute atomic E-state index is 12.2. The zero-order chi connectivity index (χ0) is 12.4. The summed E-state index contributed by atoms with van der Waals surface area (Å²) >= 11 is 5.82. The number of furan rings is 1. The molecule has 1 amide bonds. The molecule has 0 N–H and O–H groups in total. The van der Waals surface area contributed by atoms with E-state index in [0.29, 0.717) is 11.6 Å². The SMILES string of the molecule is CN1CCC(N(C)C(=O)c2ccoc2Cl)CC1. The normalized spacial score (nSPS) is 18.3. The van der Waals surface area contributed by atoms with E-state index in [0.717, 1.165) is 25.9 Å². The number of halogens is 1. The number of hydrogen-bond acceptors (Lipinski definition) is 3. The van der Waals surface area contributed by atoms with Crippen molar-refractivity contribution in [2.45, 2.75) is 18.9 Å². The van der Waals surface area contributed by atoms with Gasteiger partial charge in [0.1, 0.15) is 0 Å². The number of carbonyl (C=O) groups is 1. The molecule has 1 aliphatic rings. The van der Waals surface area contributed by atoms with Crippen LogP contribution >= 0.6 is 11.6 Å². The Kier molecular flexibility index (Phi) is 3.74. The first kappa shape index (κ1) is 12.5. The highest BCUT2D eigenvalue weighted by Gasteiger charge is 2.26. The highest BCUT2D eigenvalue weighted by molar-refractivity contribution is 6.32. The highest BCUT2D eigenvalue weighted by atomic mass is 35.5. The highest BCUT2D eigenvalue weighted by Crippen LogP contribution is 2.21. The number of likely N-dealkylation sites (tertiary alicyclic amines) is 1. The van der Waals surface area contributed by atoms with Crippen molar-refractivity contribution in [3.05, 3.63) is 23.1 Å². The van der Waals surface area contributed by atoms with E-state index in [2.05, 4.69) is 11.9 Å². The van der Waals surface area contributed by atoms with Gasteiger partial charge in [-0.05, 0) is 50.6 Å². The molecule has 0 aromatic carbocycles. The molecule has 5 heteroatoms. The first-order valence-electron chi connectivity index (χ1n) is 5.78. The lowest BCUT2D eigenvalue weighted by molar-refractivity contribution is 0.0659. The summed E-state index contributed by atoms with van der Waals surface area (Å²) in [6.45, 7) is 2.06. The summed E-state index contributed by atoms with van der Waals surface area (Å²) in [5, 5.41) is 0.176. The van der Waals surface area contributed by atoms with Gasteiger partial charge < -0.3 is 14.2 Å². The summed E-state index contributed by atoms with van der Waals surface area (Å²) < 4.78 is 4.95. The number of piperidine rings is 1. The molecule has 2 rings (SSSR count). The van der Waals surface area contributed by atoms with Gasteiger partial charge in [0.15, 0.2) is 0 Å². The summed E-state index contributed by atoms with van der Waals surface area (Å²) in [7, 11) is 3.94. The summed E-state index contributed by atoms with van der Waals surface area (Å²) in [6.07, 6.45) is 3.46. The number of carbonyl (C=O) groups excluding carboxylic acids is 1. The van der Waals surface area contributed by atoms with Crippen LogP contribution in [0, 0.1) is 0 Å². The van der Waals surface area contributed by atoms with Crippen molar-refractivity contribution in [1.29, 1.82) is 0 Å². The molecule has 4 nitrogen and oxygen atoms in total. The number of nitrogens with zero attached hydrogens (tertiary/aromatic N) is 2. The average molecular weight is 257 g/mol. The first-order chi connectivity index (χ1) is 8.09. The molecule has 17 heavy (non-hydrogen) atoms. The van der Waals surface area contributed by atoms with Gasteiger partial charge in [-0.1, -0.05) is 0 Å². The number of rotatable bonds is 2. The second-order valence-corrected chi connectivity index (χ2v) is 4.90. The van der Waals surface area contributed by atoms with Gasteiger partial charge in [0.25, 0.3) is 5.91 Å². The van der Waals surface area contributed by atoms with Gasteiger partial charge in [0.05, 0.1) is 11.8 Å². The van der Waals surface area contributed by atoms with Gasteiger partial charge in [-0.3, -0.25) is 4.79 Å². The third-order valence-electron chi connectivity index (χ3n) is 3.40. The minimum atomic E-state index is -0.0571. The molecule has 2 heterocycles. The molecular formula is C12H17ClN2O2. The summed E-state index contributed by atoms with van der Waals surface area (Å²) in [5.41, 5.74) is 0.452. The maximum Gasteiger partial charge on any atom is 0.258 e. The molecule has 0 atom stereocenters. The third kappa shape index (κ3) is 2.64. The van der Waals surface area contributed by atoms with E-state index in [1.165, 1.54) is 6.26 Å². The second kappa shape index (κ2) is 5.10. The molecule has 0 unspecified atom stereocenters. The molecule has 1 fully saturated rings. The van der Waals surface area contributed by atoms with E-state index in [1.54, 1.807) is 11.0 Å². The van der Waals surface area contributed by atoms with Crippen molar-refractivity contribution >= 4 is 17.5 Å². The minimum Gasteiger partial charge on any atom is -0.452 e. The van der Waals surface area contributed by atoms with Crippen LogP contribution < -0.4 is 0 Å². The van der Waals surface area contributed by atoms with Crippen LogP contribution in [-0.4, -0.2) is 48.9 Å².